The molecule has 0 saturated heterocycles. The first-order valence-electron chi connectivity index (χ1n) is 4.20. The Bertz CT molecular complexity index is 349. The van der Waals surface area contributed by atoms with E-state index in [4.69, 9.17) is 5.73 Å². The summed E-state index contributed by atoms with van der Waals surface area (Å²) in [5, 5.41) is 13.4. The molecule has 3 N–H and O–H groups in total. The van der Waals surface area contributed by atoms with E-state index in [1.54, 1.807) is 0 Å². The second kappa shape index (κ2) is 2.80. The summed E-state index contributed by atoms with van der Waals surface area (Å²) in [6.07, 6.45) is 1.69. The lowest BCUT2D eigenvalue weighted by Gasteiger charge is -2.20. The molecule has 1 atom stereocenters. The molecule has 0 aromatic carbocycles. The fraction of sp³-hybridized carbons (Fsp3) is 0.625. The van der Waals surface area contributed by atoms with E-state index in [2.05, 4.69) is 21.0 Å². The van der Waals surface area contributed by atoms with E-state index < -0.39 is 5.54 Å². The van der Waals surface area contributed by atoms with Crippen molar-refractivity contribution in [3.63, 3.8) is 0 Å². The summed E-state index contributed by atoms with van der Waals surface area (Å²) in [6.45, 7) is -0.0235. The molecule has 1 heterocycles. The van der Waals surface area contributed by atoms with Gasteiger partial charge in [0.2, 0.25) is 0 Å². The Hall–Kier alpha value is -0.390. The van der Waals surface area contributed by atoms with Crippen molar-refractivity contribution in [2.24, 2.45) is 12.8 Å². The minimum Gasteiger partial charge on any atom is -0.394 e. The third kappa shape index (κ3) is 1.14. The lowest BCUT2D eigenvalue weighted by atomic mass is 9.97. The second-order valence-corrected chi connectivity index (χ2v) is 4.30. The first-order valence-corrected chi connectivity index (χ1v) is 4.99. The molecule has 0 fully saturated rings. The quantitative estimate of drug-likeness (QED) is 0.747. The average molecular weight is 246 g/mol. The average Bonchev–Trinajstić information content (AvgIpc) is 2.56. The van der Waals surface area contributed by atoms with Gasteiger partial charge in [0.15, 0.2) is 0 Å². The van der Waals surface area contributed by atoms with Gasteiger partial charge >= 0.3 is 0 Å². The normalized spacial score (nSPS) is 26.5. The van der Waals surface area contributed by atoms with Crippen LogP contribution in [0.15, 0.2) is 4.60 Å². The number of aliphatic hydroxyl groups excluding tert-OH is 1. The molecule has 4 nitrogen and oxygen atoms in total. The topological polar surface area (TPSA) is 64.1 Å². The molecule has 72 valence electrons. The maximum absolute atomic E-state index is 9.22. The van der Waals surface area contributed by atoms with Gasteiger partial charge in [-0.1, -0.05) is 0 Å². The van der Waals surface area contributed by atoms with Gasteiger partial charge in [0, 0.05) is 18.3 Å². The molecule has 13 heavy (non-hydrogen) atoms. The summed E-state index contributed by atoms with van der Waals surface area (Å²) in [5.41, 5.74) is 7.55. The Morgan fingerprint density at radius 3 is 3.08 bits per heavy atom. The molecule has 1 aliphatic carbocycles. The Morgan fingerprint density at radius 2 is 2.46 bits per heavy atom. The molecule has 0 amide bonds. The molecule has 1 unspecified atom stereocenters. The zero-order valence-corrected chi connectivity index (χ0v) is 9.00. The highest BCUT2D eigenvalue weighted by molar-refractivity contribution is 9.10. The first-order chi connectivity index (χ1) is 6.08. The largest absolute Gasteiger partial charge is 0.394 e. The molecule has 0 saturated carbocycles. The van der Waals surface area contributed by atoms with Crippen LogP contribution in [0.5, 0.6) is 0 Å². The molecule has 0 aliphatic heterocycles. The van der Waals surface area contributed by atoms with Crippen molar-refractivity contribution in [2.45, 2.75) is 18.4 Å². The van der Waals surface area contributed by atoms with Gasteiger partial charge in [-0.25, -0.2) is 0 Å². The van der Waals surface area contributed by atoms with Crippen LogP contribution in [0.3, 0.4) is 0 Å². The van der Waals surface area contributed by atoms with Crippen LogP contribution in [0.4, 0.5) is 0 Å². The van der Waals surface area contributed by atoms with Gasteiger partial charge in [0.1, 0.15) is 4.60 Å². The van der Waals surface area contributed by atoms with Crippen LogP contribution in [-0.4, -0.2) is 21.5 Å². The van der Waals surface area contributed by atoms with Crippen LogP contribution < -0.4 is 5.73 Å². The minimum atomic E-state index is -0.595. The highest BCUT2D eigenvalue weighted by atomic mass is 79.9. The van der Waals surface area contributed by atoms with Crippen LogP contribution in [0.1, 0.15) is 17.7 Å². The zero-order valence-electron chi connectivity index (χ0n) is 7.42. The van der Waals surface area contributed by atoms with E-state index in [-0.39, 0.29) is 6.61 Å². The van der Waals surface area contributed by atoms with E-state index in [0.717, 1.165) is 28.7 Å². The predicted octanol–water partition coefficient (Wildman–Crippen LogP) is 0.275. The number of rotatable bonds is 1. The van der Waals surface area contributed by atoms with Crippen LogP contribution in [-0.2, 0) is 19.0 Å². The predicted molar refractivity (Wildman–Crippen MR) is 52.2 cm³/mol. The molecule has 2 rings (SSSR count). The smallest absolute Gasteiger partial charge is 0.133 e. The molecule has 1 aromatic heterocycles. The summed E-state index contributed by atoms with van der Waals surface area (Å²) in [7, 11) is 1.90. The van der Waals surface area contributed by atoms with Crippen molar-refractivity contribution in [2.75, 3.05) is 6.61 Å². The third-order valence-corrected chi connectivity index (χ3v) is 3.27. The van der Waals surface area contributed by atoms with Crippen molar-refractivity contribution < 1.29 is 5.11 Å². The number of nitrogens with zero attached hydrogens (tertiary/aromatic N) is 2. The van der Waals surface area contributed by atoms with Gasteiger partial charge in [0.05, 0.1) is 12.1 Å². The third-order valence-electron chi connectivity index (χ3n) is 2.71. The molecule has 5 heteroatoms. The van der Waals surface area contributed by atoms with Crippen LogP contribution in [0, 0.1) is 0 Å². The van der Waals surface area contributed by atoms with E-state index >= 15 is 0 Å². The SMILES string of the molecule is Cn1nc(Br)c2c1CCC2(N)CO. The number of aromatic nitrogens is 2. The van der Waals surface area contributed by atoms with Gasteiger partial charge in [-0.15, -0.1) is 0 Å². The molecule has 0 radical (unpaired) electrons. The number of fused-ring (bicyclic) bond motifs is 1. The highest BCUT2D eigenvalue weighted by Gasteiger charge is 2.39. The number of aliphatic hydroxyl groups is 1. The van der Waals surface area contributed by atoms with Gasteiger partial charge in [0.25, 0.3) is 0 Å². The summed E-state index contributed by atoms with van der Waals surface area (Å²) in [4.78, 5) is 0. The number of hydrogen-bond acceptors (Lipinski definition) is 3. The van der Waals surface area contributed by atoms with Crippen LogP contribution in [0.25, 0.3) is 0 Å². The molecule has 0 spiro atoms. The van der Waals surface area contributed by atoms with Crippen molar-refractivity contribution in [1.82, 2.24) is 9.78 Å². The minimum absolute atomic E-state index is 0.0235. The second-order valence-electron chi connectivity index (χ2n) is 3.55. The van der Waals surface area contributed by atoms with Crippen molar-refractivity contribution in [1.29, 1.82) is 0 Å². The van der Waals surface area contributed by atoms with E-state index in [1.165, 1.54) is 0 Å². The number of halogens is 1. The number of aryl methyl sites for hydroxylation is 1. The molecule has 1 aliphatic rings. The lowest BCUT2D eigenvalue weighted by Crippen LogP contribution is -2.38. The Balaban J connectivity index is 2.58. The lowest BCUT2D eigenvalue weighted by molar-refractivity contribution is 0.196. The summed E-state index contributed by atoms with van der Waals surface area (Å²) < 4.78 is 2.59. The maximum atomic E-state index is 9.22. The van der Waals surface area contributed by atoms with Gasteiger partial charge < -0.3 is 10.8 Å². The van der Waals surface area contributed by atoms with Crippen molar-refractivity contribution in [3.8, 4) is 0 Å². The van der Waals surface area contributed by atoms with Crippen molar-refractivity contribution in [3.05, 3.63) is 15.9 Å². The van der Waals surface area contributed by atoms with Gasteiger partial charge in [-0.05, 0) is 28.8 Å². The maximum Gasteiger partial charge on any atom is 0.133 e. The van der Waals surface area contributed by atoms with Gasteiger partial charge in [-0.2, -0.15) is 5.10 Å². The van der Waals surface area contributed by atoms with Gasteiger partial charge in [-0.3, -0.25) is 4.68 Å². The Kier molecular flexibility index (Phi) is 1.98. The van der Waals surface area contributed by atoms with E-state index in [9.17, 15) is 5.11 Å². The Labute approximate surface area is 84.9 Å². The summed E-state index contributed by atoms with van der Waals surface area (Å²) in [5.74, 6) is 0. The Morgan fingerprint density at radius 1 is 1.77 bits per heavy atom. The highest BCUT2D eigenvalue weighted by Crippen LogP contribution is 2.38. The molecular formula is C8H12BrN3O. The summed E-state index contributed by atoms with van der Waals surface area (Å²) in [6, 6.07) is 0. The van der Waals surface area contributed by atoms with Crippen LogP contribution >= 0.6 is 15.9 Å². The fourth-order valence-electron chi connectivity index (χ4n) is 1.93. The van der Waals surface area contributed by atoms with E-state index in [1.807, 2.05) is 11.7 Å². The molecule has 1 aromatic rings. The molecule has 0 bridgehead atoms. The van der Waals surface area contributed by atoms with Crippen molar-refractivity contribution >= 4 is 15.9 Å². The van der Waals surface area contributed by atoms with E-state index in [0.29, 0.717) is 0 Å². The first kappa shape index (κ1) is 9.18. The fourth-order valence-corrected chi connectivity index (χ4v) is 2.79. The van der Waals surface area contributed by atoms with Crippen LogP contribution in [0.2, 0.25) is 0 Å². The molecular weight excluding hydrogens is 234 g/mol. The standard InChI is InChI=1S/C8H12BrN3O/c1-12-5-2-3-8(10,4-13)6(5)7(9)11-12/h13H,2-4,10H2,1H3. The monoisotopic (exact) mass is 245 g/mol. The summed E-state index contributed by atoms with van der Waals surface area (Å²) >= 11 is 3.36. The zero-order chi connectivity index (χ0) is 9.64. The number of nitrogens with two attached hydrogens (primary N) is 1. The number of hydrogen-bond donors (Lipinski definition) is 2.